The minimum absolute atomic E-state index is 0.0369. The highest BCUT2D eigenvalue weighted by Crippen LogP contribution is 2.34. The molecule has 2 N–H and O–H groups in total. The molecule has 0 bridgehead atoms. The van der Waals surface area contributed by atoms with Crippen molar-refractivity contribution in [3.05, 3.63) is 53.6 Å². The second kappa shape index (κ2) is 7.32. The Bertz CT molecular complexity index is 743. The van der Waals surface area contributed by atoms with Gasteiger partial charge in [-0.3, -0.25) is 0 Å². The van der Waals surface area contributed by atoms with Gasteiger partial charge in [-0.05, 0) is 29.8 Å². The predicted molar refractivity (Wildman–Crippen MR) is 78.8 cm³/mol. The highest BCUT2D eigenvalue weighted by molar-refractivity contribution is 5.46. The molecular formula is C16H13F6NO3. The van der Waals surface area contributed by atoms with Crippen molar-refractivity contribution < 1.29 is 40.6 Å². The molecule has 0 aliphatic carbocycles. The SMILES string of the molecule is COc1cc(OC(F)(F)F)ccc1[C@@H](N)c1ccc(OC(F)(F)F)cc1. The summed E-state index contributed by atoms with van der Waals surface area (Å²) in [6.45, 7) is 0. The lowest BCUT2D eigenvalue weighted by atomic mass is 9.98. The molecule has 142 valence electrons. The number of rotatable bonds is 5. The number of methoxy groups -OCH3 is 1. The Morgan fingerprint density at radius 3 is 1.81 bits per heavy atom. The van der Waals surface area contributed by atoms with Crippen molar-refractivity contribution >= 4 is 0 Å². The monoisotopic (exact) mass is 381 g/mol. The summed E-state index contributed by atoms with van der Waals surface area (Å²) in [6.07, 6.45) is -9.68. The van der Waals surface area contributed by atoms with Crippen LogP contribution in [0.5, 0.6) is 17.2 Å². The molecule has 0 amide bonds. The van der Waals surface area contributed by atoms with Gasteiger partial charge in [-0.15, -0.1) is 26.3 Å². The highest BCUT2D eigenvalue weighted by atomic mass is 19.4. The Labute approximate surface area is 144 Å². The third kappa shape index (κ3) is 5.45. The first kappa shape index (κ1) is 19.7. The largest absolute Gasteiger partial charge is 0.573 e. The first-order valence-electron chi connectivity index (χ1n) is 7.03. The van der Waals surface area contributed by atoms with Crippen LogP contribution < -0.4 is 19.9 Å². The average Bonchev–Trinajstić information content (AvgIpc) is 2.52. The molecule has 2 rings (SSSR count). The van der Waals surface area contributed by atoms with Gasteiger partial charge in [0.1, 0.15) is 17.2 Å². The molecule has 26 heavy (non-hydrogen) atoms. The van der Waals surface area contributed by atoms with Crippen LogP contribution in [-0.4, -0.2) is 19.8 Å². The van der Waals surface area contributed by atoms with E-state index in [0.29, 0.717) is 11.1 Å². The molecule has 0 aliphatic heterocycles. The van der Waals surface area contributed by atoms with Crippen molar-refractivity contribution in [2.24, 2.45) is 5.73 Å². The Morgan fingerprint density at radius 1 is 0.808 bits per heavy atom. The molecule has 1 atom stereocenters. The lowest BCUT2D eigenvalue weighted by Gasteiger charge is -2.18. The van der Waals surface area contributed by atoms with Crippen molar-refractivity contribution in [2.45, 2.75) is 18.8 Å². The topological polar surface area (TPSA) is 53.7 Å². The van der Waals surface area contributed by atoms with E-state index >= 15 is 0 Å². The van der Waals surface area contributed by atoms with E-state index in [1.54, 1.807) is 0 Å². The normalized spacial score (nSPS) is 13.2. The fourth-order valence-electron chi connectivity index (χ4n) is 2.20. The van der Waals surface area contributed by atoms with Crippen molar-refractivity contribution in [1.82, 2.24) is 0 Å². The molecular weight excluding hydrogens is 368 g/mol. The zero-order valence-corrected chi connectivity index (χ0v) is 13.2. The van der Waals surface area contributed by atoms with Crippen LogP contribution in [0.15, 0.2) is 42.5 Å². The van der Waals surface area contributed by atoms with E-state index in [2.05, 4.69) is 9.47 Å². The van der Waals surface area contributed by atoms with E-state index in [4.69, 9.17) is 10.5 Å². The van der Waals surface area contributed by atoms with Crippen molar-refractivity contribution in [1.29, 1.82) is 0 Å². The first-order chi connectivity index (χ1) is 12.0. The van der Waals surface area contributed by atoms with Gasteiger partial charge < -0.3 is 19.9 Å². The minimum atomic E-state index is -4.86. The minimum Gasteiger partial charge on any atom is -0.496 e. The summed E-state index contributed by atoms with van der Waals surface area (Å²) in [5.74, 6) is -0.872. The zero-order chi connectivity index (χ0) is 19.5. The lowest BCUT2D eigenvalue weighted by Crippen LogP contribution is -2.18. The fraction of sp³-hybridized carbons (Fsp3) is 0.250. The Hall–Kier alpha value is -2.62. The molecule has 0 fully saturated rings. The van der Waals surface area contributed by atoms with Crippen LogP contribution in [0.25, 0.3) is 0 Å². The number of benzene rings is 2. The molecule has 0 spiro atoms. The van der Waals surface area contributed by atoms with Gasteiger partial charge in [-0.25, -0.2) is 0 Å². The second-order valence-electron chi connectivity index (χ2n) is 5.05. The van der Waals surface area contributed by atoms with Crippen LogP contribution in [0.1, 0.15) is 17.2 Å². The third-order valence-corrected chi connectivity index (χ3v) is 3.25. The standard InChI is InChI=1S/C16H13F6NO3/c1-24-13-8-11(26-16(20,21)22)6-7-12(13)14(23)9-2-4-10(5-3-9)25-15(17,18)19/h2-8,14H,23H2,1H3/t14-/m0/s1. The van der Waals surface area contributed by atoms with Gasteiger partial charge in [0.25, 0.3) is 0 Å². The van der Waals surface area contributed by atoms with Gasteiger partial charge in [0.15, 0.2) is 0 Å². The highest BCUT2D eigenvalue weighted by Gasteiger charge is 2.32. The molecule has 0 unspecified atom stereocenters. The molecule has 0 aliphatic rings. The van der Waals surface area contributed by atoms with Gasteiger partial charge in [-0.2, -0.15) is 0 Å². The summed E-state index contributed by atoms with van der Waals surface area (Å²) < 4.78 is 85.9. The van der Waals surface area contributed by atoms with Crippen LogP contribution >= 0.6 is 0 Å². The van der Waals surface area contributed by atoms with E-state index in [0.717, 1.165) is 24.3 Å². The molecule has 10 heteroatoms. The zero-order valence-electron chi connectivity index (χ0n) is 13.2. The quantitative estimate of drug-likeness (QED) is 0.773. The van der Waals surface area contributed by atoms with Gasteiger partial charge in [0, 0.05) is 11.6 Å². The maximum Gasteiger partial charge on any atom is 0.573 e. The van der Waals surface area contributed by atoms with E-state index in [1.165, 1.54) is 25.3 Å². The average molecular weight is 381 g/mol. The molecule has 0 saturated heterocycles. The molecule has 2 aromatic carbocycles. The predicted octanol–water partition coefficient (Wildman–Crippen LogP) is 4.54. The maximum atomic E-state index is 12.3. The molecule has 0 aromatic heterocycles. The number of hydrogen-bond acceptors (Lipinski definition) is 4. The summed E-state index contributed by atoms with van der Waals surface area (Å²) in [5, 5.41) is 0. The van der Waals surface area contributed by atoms with Crippen LogP contribution in [0.2, 0.25) is 0 Å². The lowest BCUT2D eigenvalue weighted by molar-refractivity contribution is -0.275. The van der Waals surface area contributed by atoms with Crippen LogP contribution in [-0.2, 0) is 0 Å². The summed E-state index contributed by atoms with van der Waals surface area (Å²) in [7, 11) is 1.24. The number of hydrogen-bond donors (Lipinski definition) is 1. The molecule has 0 radical (unpaired) electrons. The van der Waals surface area contributed by atoms with Gasteiger partial charge >= 0.3 is 12.7 Å². The number of alkyl halides is 6. The van der Waals surface area contributed by atoms with E-state index in [-0.39, 0.29) is 5.75 Å². The number of ether oxygens (including phenoxy) is 3. The smallest absolute Gasteiger partial charge is 0.496 e. The van der Waals surface area contributed by atoms with E-state index in [1.807, 2.05) is 0 Å². The third-order valence-electron chi connectivity index (χ3n) is 3.25. The van der Waals surface area contributed by atoms with Crippen LogP contribution in [0.4, 0.5) is 26.3 Å². The summed E-state index contributed by atoms with van der Waals surface area (Å²) in [4.78, 5) is 0. The Kier molecular flexibility index (Phi) is 5.55. The van der Waals surface area contributed by atoms with Gasteiger partial charge in [-0.1, -0.05) is 12.1 Å². The summed E-state index contributed by atoms with van der Waals surface area (Å²) in [5.41, 5.74) is 6.77. The Morgan fingerprint density at radius 2 is 1.31 bits per heavy atom. The van der Waals surface area contributed by atoms with Crippen molar-refractivity contribution in [3.8, 4) is 17.2 Å². The first-order valence-corrected chi connectivity index (χ1v) is 7.03. The molecule has 0 saturated carbocycles. The maximum absolute atomic E-state index is 12.3. The summed E-state index contributed by atoms with van der Waals surface area (Å²) in [6, 6.07) is 7.29. The number of nitrogens with two attached hydrogens (primary N) is 1. The molecule has 2 aromatic rings. The van der Waals surface area contributed by atoms with E-state index < -0.39 is 30.3 Å². The van der Waals surface area contributed by atoms with E-state index in [9.17, 15) is 26.3 Å². The van der Waals surface area contributed by atoms with Crippen molar-refractivity contribution in [2.75, 3.05) is 7.11 Å². The summed E-state index contributed by atoms with van der Waals surface area (Å²) >= 11 is 0. The van der Waals surface area contributed by atoms with Gasteiger partial charge in [0.2, 0.25) is 0 Å². The fourth-order valence-corrected chi connectivity index (χ4v) is 2.20. The van der Waals surface area contributed by atoms with Crippen LogP contribution in [0, 0.1) is 0 Å². The van der Waals surface area contributed by atoms with Crippen LogP contribution in [0.3, 0.4) is 0 Å². The van der Waals surface area contributed by atoms with Gasteiger partial charge in [0.05, 0.1) is 13.2 Å². The molecule has 0 heterocycles. The Balaban J connectivity index is 2.24. The second-order valence-corrected chi connectivity index (χ2v) is 5.05. The van der Waals surface area contributed by atoms with Crippen molar-refractivity contribution in [3.63, 3.8) is 0 Å². The number of halogens is 6. The molecule has 4 nitrogen and oxygen atoms in total.